The zero-order valence-corrected chi connectivity index (χ0v) is 14.0. The molecule has 0 saturated carbocycles. The summed E-state index contributed by atoms with van der Waals surface area (Å²) in [5.41, 5.74) is 2.13. The second-order valence-corrected chi connectivity index (χ2v) is 5.33. The third kappa shape index (κ3) is 4.35. The van der Waals surface area contributed by atoms with E-state index >= 15 is 0 Å². The fourth-order valence-corrected chi connectivity index (χ4v) is 2.23. The molecule has 0 bridgehead atoms. The number of benzene rings is 2. The van der Waals surface area contributed by atoms with Crippen molar-refractivity contribution in [2.24, 2.45) is 0 Å². The molecule has 0 aliphatic rings. The average Bonchev–Trinajstić information content (AvgIpc) is 2.60. The lowest BCUT2D eigenvalue weighted by Gasteiger charge is -2.19. The van der Waals surface area contributed by atoms with E-state index in [2.05, 4.69) is 5.32 Å². The third-order valence-corrected chi connectivity index (χ3v) is 3.49. The third-order valence-electron chi connectivity index (χ3n) is 3.49. The van der Waals surface area contributed by atoms with Crippen molar-refractivity contribution < 1.29 is 19.1 Å². The second-order valence-electron chi connectivity index (χ2n) is 5.33. The first-order chi connectivity index (χ1) is 11.5. The van der Waals surface area contributed by atoms with Crippen LogP contribution in [0.25, 0.3) is 0 Å². The molecule has 0 aliphatic heterocycles. The van der Waals surface area contributed by atoms with Gasteiger partial charge in [-0.05, 0) is 24.6 Å². The maximum Gasteiger partial charge on any atom is 0.306 e. The van der Waals surface area contributed by atoms with Crippen LogP contribution in [0.1, 0.15) is 30.6 Å². The van der Waals surface area contributed by atoms with Crippen molar-refractivity contribution in [2.45, 2.75) is 26.4 Å². The molecule has 0 aliphatic carbocycles. The van der Waals surface area contributed by atoms with Crippen molar-refractivity contribution in [3.05, 3.63) is 59.7 Å². The smallest absolute Gasteiger partial charge is 0.306 e. The predicted octanol–water partition coefficient (Wildman–Crippen LogP) is 3.64. The Morgan fingerprint density at radius 1 is 1.12 bits per heavy atom. The van der Waals surface area contributed by atoms with E-state index in [1.807, 2.05) is 19.1 Å². The van der Waals surface area contributed by atoms with Gasteiger partial charge in [0.25, 0.3) is 5.91 Å². The van der Waals surface area contributed by atoms with E-state index in [0.29, 0.717) is 17.0 Å². The standard InChI is InChI=1S/C19H21NO4/c1-4-17(21)24-18(14-8-6-5-7-9-14)19(22)20-15-12-13(2)10-11-16(15)23-3/h5-12,18H,4H2,1-3H3,(H,20,22). The van der Waals surface area contributed by atoms with Crippen LogP contribution in [-0.4, -0.2) is 19.0 Å². The molecule has 1 amide bonds. The average molecular weight is 327 g/mol. The van der Waals surface area contributed by atoms with Crippen LogP contribution < -0.4 is 10.1 Å². The summed E-state index contributed by atoms with van der Waals surface area (Å²) >= 11 is 0. The number of esters is 1. The Kier molecular flexibility index (Phi) is 5.95. The highest BCUT2D eigenvalue weighted by atomic mass is 16.5. The highest BCUT2D eigenvalue weighted by Gasteiger charge is 2.25. The molecule has 1 atom stereocenters. The number of rotatable bonds is 6. The molecular formula is C19H21NO4. The van der Waals surface area contributed by atoms with Gasteiger partial charge in [-0.25, -0.2) is 0 Å². The van der Waals surface area contributed by atoms with E-state index in [1.54, 1.807) is 43.3 Å². The lowest BCUT2D eigenvalue weighted by molar-refractivity contribution is -0.154. The van der Waals surface area contributed by atoms with Gasteiger partial charge in [0, 0.05) is 12.0 Å². The molecule has 0 heterocycles. The second kappa shape index (κ2) is 8.15. The van der Waals surface area contributed by atoms with Crippen LogP contribution in [0, 0.1) is 6.92 Å². The Morgan fingerprint density at radius 3 is 2.46 bits per heavy atom. The number of carbonyl (C=O) groups is 2. The zero-order chi connectivity index (χ0) is 17.5. The van der Waals surface area contributed by atoms with Crippen molar-refractivity contribution >= 4 is 17.6 Å². The number of amides is 1. The molecule has 24 heavy (non-hydrogen) atoms. The van der Waals surface area contributed by atoms with E-state index in [9.17, 15) is 9.59 Å². The van der Waals surface area contributed by atoms with Crippen molar-refractivity contribution in [3.8, 4) is 5.75 Å². The van der Waals surface area contributed by atoms with Crippen LogP contribution >= 0.6 is 0 Å². The quantitative estimate of drug-likeness (QED) is 0.823. The van der Waals surface area contributed by atoms with Crippen molar-refractivity contribution in [1.82, 2.24) is 0 Å². The van der Waals surface area contributed by atoms with E-state index in [1.165, 1.54) is 7.11 Å². The van der Waals surface area contributed by atoms with E-state index < -0.39 is 18.0 Å². The summed E-state index contributed by atoms with van der Waals surface area (Å²) in [5, 5.41) is 2.79. The number of anilines is 1. The predicted molar refractivity (Wildman–Crippen MR) is 91.9 cm³/mol. The first kappa shape index (κ1) is 17.5. The molecule has 0 fully saturated rings. The maximum absolute atomic E-state index is 12.7. The highest BCUT2D eigenvalue weighted by Crippen LogP contribution is 2.27. The summed E-state index contributed by atoms with van der Waals surface area (Å²) in [6.45, 7) is 3.60. The normalized spacial score (nSPS) is 11.5. The van der Waals surface area contributed by atoms with Gasteiger partial charge >= 0.3 is 5.97 Å². The number of nitrogens with one attached hydrogen (secondary N) is 1. The largest absolute Gasteiger partial charge is 0.495 e. The molecule has 2 aromatic rings. The molecule has 2 aromatic carbocycles. The molecule has 5 heteroatoms. The summed E-state index contributed by atoms with van der Waals surface area (Å²) in [6.07, 6.45) is -0.812. The highest BCUT2D eigenvalue weighted by molar-refractivity contribution is 5.97. The minimum atomic E-state index is -1.01. The number of hydrogen-bond acceptors (Lipinski definition) is 4. The molecule has 126 valence electrons. The Morgan fingerprint density at radius 2 is 1.83 bits per heavy atom. The molecule has 0 radical (unpaired) electrons. The minimum Gasteiger partial charge on any atom is -0.495 e. The summed E-state index contributed by atoms with van der Waals surface area (Å²) in [6, 6.07) is 14.4. The van der Waals surface area contributed by atoms with E-state index in [4.69, 9.17) is 9.47 Å². The van der Waals surface area contributed by atoms with Crippen molar-refractivity contribution in [2.75, 3.05) is 12.4 Å². The maximum atomic E-state index is 12.7. The van der Waals surface area contributed by atoms with Crippen LogP contribution in [0.15, 0.2) is 48.5 Å². The van der Waals surface area contributed by atoms with Gasteiger partial charge in [0.2, 0.25) is 6.10 Å². The van der Waals surface area contributed by atoms with E-state index in [0.717, 1.165) is 5.56 Å². The number of aryl methyl sites for hydroxylation is 1. The Labute approximate surface area is 141 Å². The number of carbonyl (C=O) groups excluding carboxylic acids is 2. The lowest BCUT2D eigenvalue weighted by Crippen LogP contribution is -2.25. The molecule has 1 N–H and O–H groups in total. The molecular weight excluding hydrogens is 306 g/mol. The molecule has 0 aromatic heterocycles. The van der Waals surface area contributed by atoms with Crippen molar-refractivity contribution in [1.29, 1.82) is 0 Å². The molecule has 5 nitrogen and oxygen atoms in total. The molecule has 0 saturated heterocycles. The van der Waals surface area contributed by atoms with Crippen LogP contribution in [0.3, 0.4) is 0 Å². The Hall–Kier alpha value is -2.82. The molecule has 2 rings (SSSR count). The van der Waals surface area contributed by atoms with Gasteiger partial charge in [-0.1, -0.05) is 43.3 Å². The number of ether oxygens (including phenoxy) is 2. The van der Waals surface area contributed by atoms with Crippen LogP contribution in [0.4, 0.5) is 5.69 Å². The SMILES string of the molecule is CCC(=O)OC(C(=O)Nc1cc(C)ccc1OC)c1ccccc1. The first-order valence-electron chi connectivity index (χ1n) is 7.75. The van der Waals surface area contributed by atoms with Gasteiger partial charge in [0.1, 0.15) is 5.75 Å². The fourth-order valence-electron chi connectivity index (χ4n) is 2.23. The lowest BCUT2D eigenvalue weighted by atomic mass is 10.1. The Balaban J connectivity index is 2.28. The van der Waals surface area contributed by atoms with Gasteiger partial charge < -0.3 is 14.8 Å². The summed E-state index contributed by atoms with van der Waals surface area (Å²) < 4.78 is 10.6. The number of methoxy groups -OCH3 is 1. The number of hydrogen-bond donors (Lipinski definition) is 1. The van der Waals surface area contributed by atoms with E-state index in [-0.39, 0.29) is 6.42 Å². The van der Waals surface area contributed by atoms with Gasteiger partial charge in [0.15, 0.2) is 0 Å². The zero-order valence-electron chi connectivity index (χ0n) is 14.0. The van der Waals surface area contributed by atoms with Gasteiger partial charge in [-0.2, -0.15) is 0 Å². The van der Waals surface area contributed by atoms with Gasteiger partial charge in [-0.3, -0.25) is 9.59 Å². The summed E-state index contributed by atoms with van der Waals surface area (Å²) in [7, 11) is 1.53. The van der Waals surface area contributed by atoms with Crippen LogP contribution in [0.5, 0.6) is 5.75 Å². The van der Waals surface area contributed by atoms with Gasteiger partial charge in [0.05, 0.1) is 12.8 Å². The summed E-state index contributed by atoms with van der Waals surface area (Å²) in [5.74, 6) is -0.315. The van der Waals surface area contributed by atoms with Crippen LogP contribution in [0.2, 0.25) is 0 Å². The fraction of sp³-hybridized carbons (Fsp3) is 0.263. The monoisotopic (exact) mass is 327 g/mol. The first-order valence-corrected chi connectivity index (χ1v) is 7.75. The topological polar surface area (TPSA) is 64.6 Å². The Bertz CT molecular complexity index is 713. The molecule has 1 unspecified atom stereocenters. The summed E-state index contributed by atoms with van der Waals surface area (Å²) in [4.78, 5) is 24.4. The van der Waals surface area contributed by atoms with Crippen LogP contribution in [-0.2, 0) is 14.3 Å². The van der Waals surface area contributed by atoms with Gasteiger partial charge in [-0.15, -0.1) is 0 Å². The van der Waals surface area contributed by atoms with Crippen molar-refractivity contribution in [3.63, 3.8) is 0 Å². The minimum absolute atomic E-state index is 0.199. The molecule has 0 spiro atoms.